The van der Waals surface area contributed by atoms with Crippen LogP contribution in [0.4, 0.5) is 5.69 Å². The summed E-state index contributed by atoms with van der Waals surface area (Å²) in [5, 5.41) is 5.05. The molecule has 33 heavy (non-hydrogen) atoms. The number of nitrogens with zero attached hydrogens (tertiary/aromatic N) is 1. The van der Waals surface area contributed by atoms with E-state index in [4.69, 9.17) is 4.42 Å². The number of hydrogen-bond donors (Lipinski definition) is 1. The van der Waals surface area contributed by atoms with Crippen LogP contribution in [0.3, 0.4) is 0 Å². The van der Waals surface area contributed by atoms with Crippen LogP contribution < -0.4 is 10.2 Å². The quantitative estimate of drug-likeness (QED) is 0.463. The summed E-state index contributed by atoms with van der Waals surface area (Å²) in [5.41, 5.74) is 0.969. The largest absolute Gasteiger partial charge is 0.464 e. The second kappa shape index (κ2) is 10.2. The van der Waals surface area contributed by atoms with Gasteiger partial charge in [0.2, 0.25) is 5.91 Å². The van der Waals surface area contributed by atoms with Crippen LogP contribution in [0, 0.1) is 6.92 Å². The summed E-state index contributed by atoms with van der Waals surface area (Å²) >= 11 is 1.49. The Morgan fingerprint density at radius 1 is 1.12 bits per heavy atom. The number of anilines is 1. The third kappa shape index (κ3) is 5.42. The van der Waals surface area contributed by atoms with Crippen LogP contribution in [0.5, 0.6) is 0 Å². The van der Waals surface area contributed by atoms with Gasteiger partial charge in [0, 0.05) is 22.2 Å². The fourth-order valence-corrected chi connectivity index (χ4v) is 4.98. The van der Waals surface area contributed by atoms with Gasteiger partial charge in [0.1, 0.15) is 11.5 Å². The average Bonchev–Trinajstić information content (AvgIpc) is 3.56. The molecular weight excluding hydrogens is 436 g/mol. The van der Waals surface area contributed by atoms with Crippen LogP contribution >= 0.6 is 11.3 Å². The van der Waals surface area contributed by atoms with Crippen molar-refractivity contribution in [2.45, 2.75) is 58.0 Å². The molecule has 6 nitrogen and oxygen atoms in total. The van der Waals surface area contributed by atoms with Gasteiger partial charge in [0.25, 0.3) is 5.91 Å². The average molecular weight is 465 g/mol. The van der Waals surface area contributed by atoms with Crippen LogP contribution in [0.2, 0.25) is 0 Å². The molecule has 0 saturated heterocycles. The van der Waals surface area contributed by atoms with E-state index in [-0.39, 0.29) is 30.1 Å². The molecule has 0 spiro atoms. The van der Waals surface area contributed by atoms with E-state index in [9.17, 15) is 14.4 Å². The summed E-state index contributed by atoms with van der Waals surface area (Å²) in [4.78, 5) is 41.7. The van der Waals surface area contributed by atoms with E-state index in [2.05, 4.69) is 5.32 Å². The molecule has 2 amide bonds. The highest BCUT2D eigenvalue weighted by molar-refractivity contribution is 7.10. The van der Waals surface area contributed by atoms with Crippen LogP contribution in [0.15, 0.2) is 58.3 Å². The molecule has 1 aromatic carbocycles. The third-order valence-electron chi connectivity index (χ3n) is 5.94. The Labute approximate surface area is 197 Å². The number of Topliss-reactive ketones (excluding diaryl/α,β-unsaturated/α-hetero) is 1. The smallest absolute Gasteiger partial charge is 0.251 e. The van der Waals surface area contributed by atoms with Crippen molar-refractivity contribution in [3.05, 3.63) is 75.9 Å². The topological polar surface area (TPSA) is 79.6 Å². The highest BCUT2D eigenvalue weighted by atomic mass is 32.1. The van der Waals surface area contributed by atoms with E-state index in [1.54, 1.807) is 36.4 Å². The van der Waals surface area contributed by atoms with Gasteiger partial charge in [-0.15, -0.1) is 11.3 Å². The van der Waals surface area contributed by atoms with Crippen LogP contribution in [-0.4, -0.2) is 23.6 Å². The zero-order valence-corrected chi connectivity index (χ0v) is 19.7. The van der Waals surface area contributed by atoms with Crippen LogP contribution in [0.25, 0.3) is 0 Å². The molecule has 1 saturated carbocycles. The number of benzene rings is 1. The summed E-state index contributed by atoms with van der Waals surface area (Å²) in [6.07, 6.45) is 4.17. The minimum Gasteiger partial charge on any atom is -0.464 e. The first-order valence-corrected chi connectivity index (χ1v) is 12.1. The minimum atomic E-state index is -0.978. The summed E-state index contributed by atoms with van der Waals surface area (Å²) in [7, 11) is 0. The summed E-state index contributed by atoms with van der Waals surface area (Å²) in [5.74, 6) is 0.439. The van der Waals surface area contributed by atoms with Crippen molar-refractivity contribution in [2.24, 2.45) is 0 Å². The van der Waals surface area contributed by atoms with E-state index < -0.39 is 6.04 Å². The third-order valence-corrected chi connectivity index (χ3v) is 6.82. The zero-order valence-electron chi connectivity index (χ0n) is 18.9. The van der Waals surface area contributed by atoms with Gasteiger partial charge in [-0.25, -0.2) is 0 Å². The van der Waals surface area contributed by atoms with Crippen LogP contribution in [0.1, 0.15) is 65.4 Å². The molecule has 2 heterocycles. The number of thiophene rings is 1. The Balaban J connectivity index is 1.77. The molecule has 0 unspecified atom stereocenters. The molecule has 1 aliphatic rings. The maximum absolute atomic E-state index is 13.7. The molecule has 2 aromatic heterocycles. The highest BCUT2D eigenvalue weighted by Crippen LogP contribution is 2.32. The van der Waals surface area contributed by atoms with Crippen molar-refractivity contribution in [3.8, 4) is 0 Å². The van der Waals surface area contributed by atoms with E-state index in [1.165, 1.54) is 23.2 Å². The first-order valence-electron chi connectivity index (χ1n) is 11.2. The molecule has 1 atom stereocenters. The number of carbonyl (C=O) groups is 3. The summed E-state index contributed by atoms with van der Waals surface area (Å²) in [6.45, 7) is 3.29. The van der Waals surface area contributed by atoms with Gasteiger partial charge in [0.05, 0.1) is 6.42 Å². The predicted octanol–water partition coefficient (Wildman–Crippen LogP) is 5.23. The number of amides is 2. The lowest BCUT2D eigenvalue weighted by Crippen LogP contribution is -2.46. The predicted molar refractivity (Wildman–Crippen MR) is 129 cm³/mol. The van der Waals surface area contributed by atoms with Crippen molar-refractivity contribution in [1.82, 2.24) is 5.32 Å². The summed E-state index contributed by atoms with van der Waals surface area (Å²) in [6, 6.07) is 13.3. The molecule has 1 N–H and O–H groups in total. The van der Waals surface area contributed by atoms with Gasteiger partial charge >= 0.3 is 0 Å². The number of ketones is 1. The van der Waals surface area contributed by atoms with Crippen molar-refractivity contribution < 1.29 is 18.8 Å². The van der Waals surface area contributed by atoms with Crippen LogP contribution in [-0.2, 0) is 16.0 Å². The minimum absolute atomic E-state index is 0.0915. The molecule has 3 aromatic rings. The number of nitrogens with one attached hydrogen (secondary N) is 1. The molecule has 172 valence electrons. The van der Waals surface area contributed by atoms with Gasteiger partial charge < -0.3 is 9.73 Å². The molecule has 1 aliphatic carbocycles. The molecule has 1 fully saturated rings. The van der Waals surface area contributed by atoms with Crippen molar-refractivity contribution >= 4 is 34.6 Å². The standard InChI is InChI=1S/C26H28N2O4S/c1-17-12-13-23(32-17)25(26(31)27-20-8-3-4-9-20)28(24(30)16-22-11-6-14-33-22)21-10-5-7-19(15-21)18(2)29/h5-7,10-15,20,25H,3-4,8-9,16H2,1-2H3,(H,27,31)/t25-/m1/s1. The first-order chi connectivity index (χ1) is 15.9. The lowest BCUT2D eigenvalue weighted by molar-refractivity contribution is -0.127. The Morgan fingerprint density at radius 3 is 2.55 bits per heavy atom. The van der Waals surface area contributed by atoms with Gasteiger partial charge in [-0.3, -0.25) is 19.3 Å². The van der Waals surface area contributed by atoms with Crippen molar-refractivity contribution in [2.75, 3.05) is 4.90 Å². The Kier molecular flexibility index (Phi) is 7.08. The van der Waals surface area contributed by atoms with E-state index in [1.807, 2.05) is 24.4 Å². The van der Waals surface area contributed by atoms with E-state index in [0.717, 1.165) is 30.6 Å². The first kappa shape index (κ1) is 23.0. The van der Waals surface area contributed by atoms with Gasteiger partial charge in [-0.05, 0) is 62.4 Å². The number of hydrogen-bond acceptors (Lipinski definition) is 5. The molecule has 0 aliphatic heterocycles. The lowest BCUT2D eigenvalue weighted by Gasteiger charge is -2.31. The van der Waals surface area contributed by atoms with Crippen molar-refractivity contribution in [3.63, 3.8) is 0 Å². The number of rotatable bonds is 8. The van der Waals surface area contributed by atoms with Gasteiger partial charge in [0.15, 0.2) is 11.8 Å². The fourth-order valence-electron chi connectivity index (χ4n) is 4.28. The zero-order chi connectivity index (χ0) is 23.4. The van der Waals surface area contributed by atoms with E-state index >= 15 is 0 Å². The Hall–Kier alpha value is -3.19. The number of carbonyl (C=O) groups excluding carboxylic acids is 3. The number of aryl methyl sites for hydroxylation is 1. The molecule has 0 radical (unpaired) electrons. The molecule has 4 rings (SSSR count). The maximum Gasteiger partial charge on any atom is 0.251 e. The SMILES string of the molecule is CC(=O)c1cccc(N(C(=O)Cc2cccs2)[C@@H](C(=O)NC2CCCC2)c2ccc(C)o2)c1. The maximum atomic E-state index is 13.7. The molecule has 0 bridgehead atoms. The van der Waals surface area contributed by atoms with Crippen molar-refractivity contribution in [1.29, 1.82) is 0 Å². The van der Waals surface area contributed by atoms with Gasteiger partial charge in [-0.2, -0.15) is 0 Å². The normalized spacial score (nSPS) is 14.7. The Morgan fingerprint density at radius 2 is 1.91 bits per heavy atom. The second-order valence-corrected chi connectivity index (χ2v) is 9.50. The number of furan rings is 1. The summed E-state index contributed by atoms with van der Waals surface area (Å²) < 4.78 is 5.88. The van der Waals surface area contributed by atoms with E-state index in [0.29, 0.717) is 22.8 Å². The molecular formula is C26H28N2O4S. The van der Waals surface area contributed by atoms with Gasteiger partial charge in [-0.1, -0.05) is 31.0 Å². The fraction of sp³-hybridized carbons (Fsp3) is 0.346. The lowest BCUT2D eigenvalue weighted by atomic mass is 10.1. The highest BCUT2D eigenvalue weighted by Gasteiger charge is 2.36. The monoisotopic (exact) mass is 464 g/mol. The second-order valence-electron chi connectivity index (χ2n) is 8.47. The Bertz CT molecular complexity index is 1130. The molecule has 7 heteroatoms.